The van der Waals surface area contributed by atoms with Crippen LogP contribution in [-0.4, -0.2) is 40.7 Å². The number of carbonyl (C=O) groups excluding carboxylic acids is 1. The van der Waals surface area contributed by atoms with Crippen molar-refractivity contribution in [2.75, 3.05) is 24.9 Å². The Morgan fingerprint density at radius 1 is 1.12 bits per heavy atom. The van der Waals surface area contributed by atoms with Gasteiger partial charge in [-0.15, -0.1) is 0 Å². The molecule has 8 nitrogen and oxygen atoms in total. The van der Waals surface area contributed by atoms with Crippen LogP contribution in [0.15, 0.2) is 67.4 Å². The number of benzene rings is 2. The quantitative estimate of drug-likeness (QED) is 0.160. The van der Waals surface area contributed by atoms with Gasteiger partial charge in [0.1, 0.15) is 11.5 Å². The van der Waals surface area contributed by atoms with Gasteiger partial charge in [-0.1, -0.05) is 24.2 Å². The van der Waals surface area contributed by atoms with Gasteiger partial charge < -0.3 is 20.5 Å². The van der Waals surface area contributed by atoms with Crippen LogP contribution in [0.5, 0.6) is 17.4 Å². The third-order valence-electron chi connectivity index (χ3n) is 3.95. The fourth-order valence-electron chi connectivity index (χ4n) is 2.31. The van der Waals surface area contributed by atoms with Gasteiger partial charge in [0.15, 0.2) is 0 Å². The summed E-state index contributed by atoms with van der Waals surface area (Å²) in [4.78, 5) is 15.5. The van der Waals surface area contributed by atoms with Crippen LogP contribution in [0.2, 0.25) is 5.02 Å². The zero-order valence-corrected chi connectivity index (χ0v) is 20.1. The van der Waals surface area contributed by atoms with E-state index < -0.39 is 0 Å². The highest BCUT2D eigenvalue weighted by molar-refractivity contribution is 6.30. The summed E-state index contributed by atoms with van der Waals surface area (Å²) in [6, 6.07) is 14.0. The number of phenols is 1. The first-order chi connectivity index (χ1) is 16.3. The van der Waals surface area contributed by atoms with E-state index in [-0.39, 0.29) is 11.7 Å². The number of pyridine rings is 1. The molecule has 3 rings (SSSR count). The monoisotopic (exact) mass is 493 g/mol. The molecule has 1 heterocycles. The van der Waals surface area contributed by atoms with Crippen LogP contribution in [0.3, 0.4) is 0 Å². The Morgan fingerprint density at radius 2 is 1.74 bits per heavy atom. The number of nitrogens with one attached hydrogen (secondary N) is 2. The molecule has 0 saturated heterocycles. The summed E-state index contributed by atoms with van der Waals surface area (Å²) in [6.45, 7) is 7.20. The number of anilines is 2. The number of phenolic OH excluding ortho intramolecular Hbond substituents is 1. The predicted octanol–water partition coefficient (Wildman–Crippen LogP) is 6.31. The van der Waals surface area contributed by atoms with Crippen LogP contribution < -0.4 is 15.4 Å². The Bertz CT molecular complexity index is 1030. The molecule has 5 N–H and O–H groups in total. The van der Waals surface area contributed by atoms with Crippen LogP contribution in [0.4, 0.5) is 15.8 Å². The molecule has 0 aliphatic heterocycles. The Balaban J connectivity index is 0.000000698. The van der Waals surface area contributed by atoms with Gasteiger partial charge in [0.25, 0.3) is 0 Å². The SMILES string of the molecule is C=CC(=O)Nc1ccc(Oc2ncc(C)cc2NC)cc1.CF.Cc1ccc(Cl)cc1O.OO. The molecule has 1 amide bonds. The molecule has 34 heavy (non-hydrogen) atoms. The molecular weight excluding hydrogens is 465 g/mol. The Labute approximate surface area is 203 Å². The highest BCUT2D eigenvalue weighted by Crippen LogP contribution is 2.28. The number of hydrogen-bond donors (Lipinski definition) is 5. The van der Waals surface area contributed by atoms with E-state index in [1.165, 1.54) is 12.1 Å². The molecule has 10 heteroatoms. The number of aryl methyl sites for hydroxylation is 2. The lowest BCUT2D eigenvalue weighted by Gasteiger charge is -2.11. The molecule has 0 aliphatic rings. The molecule has 184 valence electrons. The first kappa shape index (κ1) is 30.3. The lowest BCUT2D eigenvalue weighted by molar-refractivity contribution is -0.176. The zero-order valence-electron chi connectivity index (χ0n) is 19.3. The van der Waals surface area contributed by atoms with Crippen molar-refractivity contribution < 1.29 is 29.5 Å². The molecule has 0 spiro atoms. The third kappa shape index (κ3) is 10.8. The van der Waals surface area contributed by atoms with Gasteiger partial charge in [0.05, 0.1) is 12.9 Å². The van der Waals surface area contributed by atoms with Gasteiger partial charge in [0, 0.05) is 24.0 Å². The van der Waals surface area contributed by atoms with Gasteiger partial charge in [-0.05, 0) is 73.5 Å². The van der Waals surface area contributed by atoms with E-state index in [2.05, 4.69) is 22.2 Å². The van der Waals surface area contributed by atoms with Crippen LogP contribution in [-0.2, 0) is 4.79 Å². The van der Waals surface area contributed by atoms with E-state index in [9.17, 15) is 9.18 Å². The average Bonchev–Trinajstić information content (AvgIpc) is 2.86. The van der Waals surface area contributed by atoms with E-state index in [1.54, 1.807) is 42.6 Å². The molecule has 0 bridgehead atoms. The second-order valence-electron chi connectivity index (χ2n) is 6.37. The molecule has 2 aromatic carbocycles. The van der Waals surface area contributed by atoms with Crippen molar-refractivity contribution in [1.82, 2.24) is 4.98 Å². The summed E-state index contributed by atoms with van der Waals surface area (Å²) in [5.74, 6) is 1.15. The molecule has 0 saturated carbocycles. The lowest BCUT2D eigenvalue weighted by atomic mass is 10.2. The summed E-state index contributed by atoms with van der Waals surface area (Å²) in [7, 11) is 2.32. The second kappa shape index (κ2) is 16.9. The summed E-state index contributed by atoms with van der Waals surface area (Å²) < 4.78 is 15.2. The van der Waals surface area contributed by atoms with Crippen LogP contribution in [0.25, 0.3) is 0 Å². The summed E-state index contributed by atoms with van der Waals surface area (Å²) in [6.07, 6.45) is 2.97. The van der Waals surface area contributed by atoms with Gasteiger partial charge in [0.2, 0.25) is 11.8 Å². The summed E-state index contributed by atoms with van der Waals surface area (Å²) in [5, 5.41) is 27.3. The van der Waals surface area contributed by atoms with E-state index in [0.29, 0.717) is 29.5 Å². The predicted molar refractivity (Wildman–Crippen MR) is 134 cm³/mol. The number of carbonyl (C=O) groups is 1. The number of aromatic hydroxyl groups is 1. The number of rotatable bonds is 5. The van der Waals surface area contributed by atoms with Crippen molar-refractivity contribution >= 4 is 28.9 Å². The van der Waals surface area contributed by atoms with E-state index in [1.807, 2.05) is 27.0 Å². The zero-order chi connectivity index (χ0) is 26.1. The largest absolute Gasteiger partial charge is 0.508 e. The topological polar surface area (TPSA) is 124 Å². The third-order valence-corrected chi connectivity index (χ3v) is 4.19. The molecule has 0 atom stereocenters. The van der Waals surface area contributed by atoms with E-state index >= 15 is 0 Å². The first-order valence-electron chi connectivity index (χ1n) is 9.71. The molecule has 0 fully saturated rings. The maximum atomic E-state index is 11.2. The molecule has 0 aliphatic carbocycles. The lowest BCUT2D eigenvalue weighted by Crippen LogP contribution is -2.06. The number of halogens is 2. The molecule has 3 aromatic rings. The van der Waals surface area contributed by atoms with Crippen molar-refractivity contribution in [3.05, 3.63) is 83.5 Å². The number of alkyl halides is 1. The van der Waals surface area contributed by atoms with E-state index in [4.69, 9.17) is 32.0 Å². The minimum atomic E-state index is -0.249. The normalized spacial score (nSPS) is 8.94. The standard InChI is InChI=1S/C16H17N3O2.C7H7ClO.CH3F.H2O2/c1-4-15(20)19-12-5-7-13(8-6-12)21-16-14(17-3)9-11(2)10-18-16;1-5-2-3-6(8)4-7(5)9;2*1-2/h4-10,17H,1H2,2-3H3,(H,19,20);2-4,9H,1H3;1H3;1-2H. The van der Waals surface area contributed by atoms with Crippen LogP contribution in [0, 0.1) is 13.8 Å². The minimum absolute atomic E-state index is 0.249. The van der Waals surface area contributed by atoms with Crippen molar-refractivity contribution in [2.45, 2.75) is 13.8 Å². The first-order valence-corrected chi connectivity index (χ1v) is 10.1. The van der Waals surface area contributed by atoms with Crippen molar-refractivity contribution in [2.24, 2.45) is 0 Å². The van der Waals surface area contributed by atoms with Gasteiger partial charge in [-0.3, -0.25) is 19.7 Å². The Kier molecular flexibility index (Phi) is 15.1. The van der Waals surface area contributed by atoms with Crippen molar-refractivity contribution in [1.29, 1.82) is 0 Å². The molecule has 0 radical (unpaired) electrons. The van der Waals surface area contributed by atoms with Crippen LogP contribution in [0.1, 0.15) is 11.1 Å². The Hall–Kier alpha value is -3.66. The number of hydrogen-bond acceptors (Lipinski definition) is 7. The molecule has 1 aromatic heterocycles. The number of nitrogens with zero attached hydrogens (tertiary/aromatic N) is 1. The van der Waals surface area contributed by atoms with E-state index in [0.717, 1.165) is 16.8 Å². The number of ether oxygens (including phenoxy) is 1. The minimum Gasteiger partial charge on any atom is -0.508 e. The number of aromatic nitrogens is 1. The smallest absolute Gasteiger partial charge is 0.247 e. The second-order valence-corrected chi connectivity index (χ2v) is 6.80. The fraction of sp³-hybridized carbons (Fsp3) is 0.167. The summed E-state index contributed by atoms with van der Waals surface area (Å²) >= 11 is 5.56. The molecule has 0 unspecified atom stereocenters. The Morgan fingerprint density at radius 3 is 2.24 bits per heavy atom. The highest BCUT2D eigenvalue weighted by Gasteiger charge is 2.06. The van der Waals surface area contributed by atoms with Gasteiger partial charge >= 0.3 is 0 Å². The van der Waals surface area contributed by atoms with Crippen molar-refractivity contribution in [3.8, 4) is 17.4 Å². The molecular formula is C24H29ClFN3O5. The fourth-order valence-corrected chi connectivity index (χ4v) is 2.48. The van der Waals surface area contributed by atoms with Crippen molar-refractivity contribution in [3.63, 3.8) is 0 Å². The summed E-state index contributed by atoms with van der Waals surface area (Å²) in [5.41, 5.74) is 3.39. The highest BCUT2D eigenvalue weighted by atomic mass is 35.5. The average molecular weight is 494 g/mol. The van der Waals surface area contributed by atoms with Crippen LogP contribution >= 0.6 is 11.6 Å². The van der Waals surface area contributed by atoms with Gasteiger partial charge in [-0.2, -0.15) is 0 Å². The maximum Gasteiger partial charge on any atom is 0.247 e. The number of amides is 1. The van der Waals surface area contributed by atoms with Gasteiger partial charge in [-0.25, -0.2) is 4.98 Å². The maximum absolute atomic E-state index is 11.2.